The van der Waals surface area contributed by atoms with Crippen LogP contribution >= 0.6 is 34.4 Å². The lowest BCUT2D eigenvalue weighted by molar-refractivity contribution is -0.123. The number of H-pyrrole nitrogens is 1. The Bertz CT molecular complexity index is 1310. The summed E-state index contributed by atoms with van der Waals surface area (Å²) in [4.78, 5) is 45.7. The molecule has 9 heteroatoms. The number of thiophene rings is 1. The average Bonchev–Trinajstić information content (AvgIpc) is 3.57. The summed E-state index contributed by atoms with van der Waals surface area (Å²) in [5, 5.41) is 3.17. The number of nitrogens with one attached hydrogen (secondary N) is 1. The molecule has 32 heavy (non-hydrogen) atoms. The predicted molar refractivity (Wildman–Crippen MR) is 122 cm³/mol. The van der Waals surface area contributed by atoms with Crippen LogP contribution in [0.3, 0.4) is 0 Å². The van der Waals surface area contributed by atoms with Crippen molar-refractivity contribution in [1.29, 1.82) is 0 Å². The summed E-state index contributed by atoms with van der Waals surface area (Å²) < 4.78 is 13.4. The van der Waals surface area contributed by atoms with Crippen LogP contribution < -0.4 is 9.77 Å². The number of carbonyl (C=O) groups excluding carboxylic acids is 2. The molecule has 0 unspecified atom stereocenters. The number of fused-ring (bicyclic) bond motifs is 9. The standard InChI is InChI=1S/C23H17FN2O3S3/c24-9-3-5-10(6-4-9)26-21(27)15-11-8-12(16(15)22(26)28)18-14(11)17(13-2-1-7-30-13)19-20(31-18)25-23(29)32-19/h1-7,11-12,14-18H,8H2,(H,25,29)/t11-,12+,14+,15+,16+,17-,18+/m0/s1. The molecule has 162 valence electrons. The van der Waals surface area contributed by atoms with Gasteiger partial charge in [-0.3, -0.25) is 19.3 Å². The Balaban J connectivity index is 1.32. The van der Waals surface area contributed by atoms with E-state index in [2.05, 4.69) is 16.4 Å². The van der Waals surface area contributed by atoms with E-state index in [0.29, 0.717) is 5.69 Å². The van der Waals surface area contributed by atoms with Gasteiger partial charge in [-0.25, -0.2) is 4.39 Å². The van der Waals surface area contributed by atoms with Gasteiger partial charge in [-0.2, -0.15) is 0 Å². The lowest BCUT2D eigenvalue weighted by atomic mass is 9.69. The second kappa shape index (κ2) is 6.65. The van der Waals surface area contributed by atoms with E-state index in [-0.39, 0.29) is 57.4 Å². The molecule has 1 N–H and O–H groups in total. The number of aromatic amines is 1. The minimum Gasteiger partial charge on any atom is -0.307 e. The van der Waals surface area contributed by atoms with Crippen LogP contribution in [0, 0.1) is 35.4 Å². The van der Waals surface area contributed by atoms with Gasteiger partial charge in [0.1, 0.15) is 5.82 Å². The minimum absolute atomic E-state index is 0.0498. The molecular weight excluding hydrogens is 467 g/mol. The Labute approximate surface area is 194 Å². The first-order valence-corrected chi connectivity index (χ1v) is 13.2. The van der Waals surface area contributed by atoms with E-state index in [1.165, 1.54) is 45.4 Å². The van der Waals surface area contributed by atoms with Gasteiger partial charge in [0.25, 0.3) is 0 Å². The van der Waals surface area contributed by atoms with Crippen molar-refractivity contribution < 1.29 is 14.0 Å². The lowest BCUT2D eigenvalue weighted by Gasteiger charge is -2.42. The maximum Gasteiger partial charge on any atom is 0.305 e. The molecule has 3 aromatic rings. The van der Waals surface area contributed by atoms with E-state index in [1.54, 1.807) is 23.1 Å². The smallest absolute Gasteiger partial charge is 0.305 e. The summed E-state index contributed by atoms with van der Waals surface area (Å²) in [6, 6.07) is 9.73. The van der Waals surface area contributed by atoms with Crippen LogP contribution in [0.25, 0.3) is 0 Å². The third-order valence-corrected chi connectivity index (χ3v) is 11.2. The molecule has 0 spiro atoms. The number of benzene rings is 1. The SMILES string of the molecule is O=C1[C@@H]2[C@H]3C[C@@H]([C@H]4Sc5[nH]c(=O)sc5[C@@H](c5cccs5)[C@@H]34)[C@H]2C(=O)N1c1ccc(F)cc1. The largest absolute Gasteiger partial charge is 0.307 e. The van der Waals surface area contributed by atoms with Gasteiger partial charge in [-0.05, 0) is 59.9 Å². The third kappa shape index (κ3) is 2.42. The number of aromatic nitrogens is 1. The Morgan fingerprint density at radius 2 is 1.75 bits per heavy atom. The fourth-order valence-electron chi connectivity index (χ4n) is 6.65. The van der Waals surface area contributed by atoms with Gasteiger partial charge >= 0.3 is 4.87 Å². The molecule has 2 aromatic heterocycles. The molecule has 4 heterocycles. The number of hydrogen-bond donors (Lipinski definition) is 1. The summed E-state index contributed by atoms with van der Waals surface area (Å²) in [7, 11) is 0. The van der Waals surface area contributed by atoms with Gasteiger partial charge in [-0.1, -0.05) is 17.4 Å². The molecule has 5 nitrogen and oxygen atoms in total. The Hall–Kier alpha value is -2.23. The van der Waals surface area contributed by atoms with E-state index < -0.39 is 5.82 Å². The molecule has 2 bridgehead atoms. The maximum absolute atomic E-state index is 13.5. The molecule has 1 saturated heterocycles. The van der Waals surface area contributed by atoms with Crippen molar-refractivity contribution >= 4 is 51.9 Å². The second-order valence-corrected chi connectivity index (χ2v) is 12.1. The molecule has 2 saturated carbocycles. The van der Waals surface area contributed by atoms with Crippen LogP contribution in [-0.2, 0) is 9.59 Å². The number of thiazole rings is 1. The molecule has 1 aromatic carbocycles. The van der Waals surface area contributed by atoms with E-state index in [1.807, 2.05) is 6.07 Å². The van der Waals surface area contributed by atoms with Crippen LogP contribution in [0.4, 0.5) is 10.1 Å². The first kappa shape index (κ1) is 19.3. The van der Waals surface area contributed by atoms with E-state index in [0.717, 1.165) is 16.3 Å². The maximum atomic E-state index is 13.5. The highest BCUT2D eigenvalue weighted by Gasteiger charge is 2.69. The molecule has 0 radical (unpaired) electrons. The molecule has 2 aliphatic heterocycles. The molecule has 2 aliphatic carbocycles. The molecule has 7 rings (SSSR count). The predicted octanol–water partition coefficient (Wildman–Crippen LogP) is 4.31. The number of carbonyl (C=O) groups is 2. The van der Waals surface area contributed by atoms with Crippen molar-refractivity contribution in [3.8, 4) is 0 Å². The van der Waals surface area contributed by atoms with Crippen molar-refractivity contribution in [2.24, 2.45) is 29.6 Å². The Morgan fingerprint density at radius 1 is 1.00 bits per heavy atom. The number of thioether (sulfide) groups is 1. The van der Waals surface area contributed by atoms with Gasteiger partial charge < -0.3 is 4.98 Å². The van der Waals surface area contributed by atoms with E-state index >= 15 is 0 Å². The van der Waals surface area contributed by atoms with E-state index in [9.17, 15) is 18.8 Å². The van der Waals surface area contributed by atoms with Gasteiger partial charge in [0.2, 0.25) is 11.8 Å². The van der Waals surface area contributed by atoms with Crippen LogP contribution in [-0.4, -0.2) is 22.0 Å². The molecule has 3 fully saturated rings. The quantitative estimate of drug-likeness (QED) is 0.550. The van der Waals surface area contributed by atoms with Crippen LogP contribution in [0.2, 0.25) is 0 Å². The fourth-order valence-corrected chi connectivity index (χ4v) is 10.5. The molecule has 2 amide bonds. The van der Waals surface area contributed by atoms with Crippen LogP contribution in [0.15, 0.2) is 51.6 Å². The zero-order valence-corrected chi connectivity index (χ0v) is 19.0. The number of hydrogen-bond acceptors (Lipinski definition) is 6. The van der Waals surface area contributed by atoms with Gasteiger partial charge in [0, 0.05) is 20.9 Å². The minimum atomic E-state index is -0.394. The second-order valence-electron chi connectivity index (χ2n) is 8.96. The fraction of sp³-hybridized carbons (Fsp3) is 0.348. The molecule has 4 aliphatic rings. The number of halogens is 1. The average molecular weight is 485 g/mol. The van der Waals surface area contributed by atoms with Crippen LogP contribution in [0.5, 0.6) is 0 Å². The number of rotatable bonds is 2. The van der Waals surface area contributed by atoms with Gasteiger partial charge in [0.15, 0.2) is 0 Å². The first-order chi connectivity index (χ1) is 15.5. The number of imide groups is 1. The van der Waals surface area contributed by atoms with Crippen LogP contribution in [0.1, 0.15) is 22.1 Å². The number of nitrogens with zero attached hydrogens (tertiary/aromatic N) is 1. The Kier molecular flexibility index (Phi) is 4.00. The molecular formula is C23H17FN2O3S3. The van der Waals surface area contributed by atoms with Crippen molar-refractivity contribution in [3.63, 3.8) is 0 Å². The highest BCUT2D eigenvalue weighted by Crippen LogP contribution is 2.68. The summed E-state index contributed by atoms with van der Waals surface area (Å²) in [5.74, 6) is -0.873. The lowest BCUT2D eigenvalue weighted by Crippen LogP contribution is -2.42. The topological polar surface area (TPSA) is 70.2 Å². The van der Waals surface area contributed by atoms with Gasteiger partial charge in [-0.15, -0.1) is 23.1 Å². The van der Waals surface area contributed by atoms with Crippen molar-refractivity contribution in [1.82, 2.24) is 4.98 Å². The molecule has 7 atom stereocenters. The summed E-state index contributed by atoms with van der Waals surface area (Å²) in [5.41, 5.74) is 0.448. The highest BCUT2D eigenvalue weighted by atomic mass is 32.2. The summed E-state index contributed by atoms with van der Waals surface area (Å²) in [6.07, 6.45) is 0.869. The van der Waals surface area contributed by atoms with Crippen molar-refractivity contribution in [3.05, 3.63) is 67.0 Å². The van der Waals surface area contributed by atoms with Gasteiger partial charge in [0.05, 0.1) is 22.5 Å². The summed E-state index contributed by atoms with van der Waals surface area (Å²) >= 11 is 4.65. The number of anilines is 1. The first-order valence-electron chi connectivity index (χ1n) is 10.6. The van der Waals surface area contributed by atoms with Crippen molar-refractivity contribution in [2.75, 3.05) is 4.90 Å². The monoisotopic (exact) mass is 484 g/mol. The highest BCUT2D eigenvalue weighted by molar-refractivity contribution is 8.00. The third-order valence-electron chi connectivity index (χ3n) is 7.66. The normalized spacial score (nSPS) is 34.7. The zero-order valence-electron chi connectivity index (χ0n) is 16.6. The number of amides is 2. The Morgan fingerprint density at radius 3 is 2.47 bits per heavy atom. The zero-order chi connectivity index (χ0) is 21.7. The van der Waals surface area contributed by atoms with Crippen molar-refractivity contribution in [2.45, 2.75) is 22.6 Å². The van der Waals surface area contributed by atoms with E-state index in [4.69, 9.17) is 0 Å². The summed E-state index contributed by atoms with van der Waals surface area (Å²) in [6.45, 7) is 0.